The van der Waals surface area contributed by atoms with E-state index in [0.717, 1.165) is 30.0 Å². The summed E-state index contributed by atoms with van der Waals surface area (Å²) in [5.74, 6) is 2.66. The lowest BCUT2D eigenvalue weighted by Gasteiger charge is -2.17. The van der Waals surface area contributed by atoms with Crippen LogP contribution in [0.4, 0.5) is 0 Å². The second kappa shape index (κ2) is 16.1. The van der Waals surface area contributed by atoms with Crippen LogP contribution < -0.4 is 5.32 Å². The summed E-state index contributed by atoms with van der Waals surface area (Å²) in [6.45, 7) is 13.4. The monoisotopic (exact) mass is 429 g/mol. The van der Waals surface area contributed by atoms with Crippen LogP contribution >= 0.6 is 11.8 Å². The molecule has 0 saturated heterocycles. The second-order valence-corrected chi connectivity index (χ2v) is 9.72. The third-order valence-corrected chi connectivity index (χ3v) is 6.33. The molecule has 1 unspecified atom stereocenters. The fourth-order valence-corrected chi connectivity index (χ4v) is 4.17. The maximum atomic E-state index is 5.23. The van der Waals surface area contributed by atoms with Crippen LogP contribution in [-0.2, 0) is 4.74 Å². The van der Waals surface area contributed by atoms with Crippen molar-refractivity contribution in [2.45, 2.75) is 80.1 Å². The van der Waals surface area contributed by atoms with Gasteiger partial charge in [-0.2, -0.15) is 11.8 Å². The van der Waals surface area contributed by atoms with Crippen LogP contribution in [0, 0.1) is 5.92 Å². The molecule has 0 saturated carbocycles. The van der Waals surface area contributed by atoms with E-state index in [1.54, 1.807) is 6.26 Å². The van der Waals surface area contributed by atoms with Gasteiger partial charge in [0.1, 0.15) is 12.5 Å². The highest BCUT2D eigenvalue weighted by Crippen LogP contribution is 2.18. The molecule has 0 amide bonds. The van der Waals surface area contributed by atoms with Crippen LogP contribution in [0.15, 0.2) is 71.0 Å². The number of thioether (sulfide) groups is 1. The molecular weight excluding hydrogens is 386 g/mol. The van der Waals surface area contributed by atoms with Gasteiger partial charge >= 0.3 is 0 Å². The lowest BCUT2D eigenvalue weighted by molar-refractivity contribution is 0.374. The molecule has 1 N–H and O–H groups in total. The Balaban J connectivity index is 2.17. The minimum Gasteiger partial charge on any atom is -0.469 e. The summed E-state index contributed by atoms with van der Waals surface area (Å²) >= 11 is 1.98. The summed E-state index contributed by atoms with van der Waals surface area (Å²) in [5, 5.41) is 3.25. The van der Waals surface area contributed by atoms with Crippen LogP contribution in [-0.4, -0.2) is 11.5 Å². The lowest BCUT2D eigenvalue weighted by Crippen LogP contribution is -2.17. The van der Waals surface area contributed by atoms with Crippen molar-refractivity contribution in [1.29, 1.82) is 0 Å². The van der Waals surface area contributed by atoms with Gasteiger partial charge in [-0.05, 0) is 73.1 Å². The van der Waals surface area contributed by atoms with Crippen LogP contribution in [0.1, 0.15) is 80.1 Å². The summed E-state index contributed by atoms with van der Waals surface area (Å²) in [4.78, 5) is 0. The molecule has 1 atom stereocenters. The zero-order valence-corrected chi connectivity index (χ0v) is 20.9. The third-order valence-electron chi connectivity index (χ3n) is 5.19. The summed E-state index contributed by atoms with van der Waals surface area (Å²) in [6.07, 6.45) is 21.9. The standard InChI is InChI=1S/C27H43NOS/c1-22(2)10-7-11-23(3)12-8-13-24(4)14-9-15-25(5)16-19-30-21-26(6)27-20-29-18-17-28-27/h10,12,14,16-18,20,26,28H,7-9,11,13,15,19,21H2,1-6H3/b23-12+,24-14+,25-16+. The molecule has 0 bridgehead atoms. The van der Waals surface area contributed by atoms with Crippen LogP contribution in [0.25, 0.3) is 0 Å². The molecule has 0 fully saturated rings. The van der Waals surface area contributed by atoms with Crippen LogP contribution in [0.2, 0.25) is 0 Å². The molecule has 30 heavy (non-hydrogen) atoms. The first-order valence-corrected chi connectivity index (χ1v) is 12.5. The highest BCUT2D eigenvalue weighted by atomic mass is 32.2. The van der Waals surface area contributed by atoms with Crippen molar-refractivity contribution in [2.24, 2.45) is 5.92 Å². The third kappa shape index (κ3) is 13.6. The van der Waals surface area contributed by atoms with Crippen LogP contribution in [0.3, 0.4) is 0 Å². The lowest BCUT2D eigenvalue weighted by atomic mass is 10.0. The topological polar surface area (TPSA) is 21.3 Å². The Bertz CT molecular complexity index is 675. The Morgan fingerprint density at radius 2 is 1.47 bits per heavy atom. The molecule has 168 valence electrons. The Morgan fingerprint density at radius 3 is 2.00 bits per heavy atom. The van der Waals surface area contributed by atoms with E-state index in [2.05, 4.69) is 71.2 Å². The fourth-order valence-electron chi connectivity index (χ4n) is 3.10. The SMILES string of the molecule is CC(C)=CCC/C(C)=C/CC/C(C)=C/CC/C(C)=C/CSCC(C)C1=COC=CN1. The van der Waals surface area contributed by atoms with Gasteiger partial charge in [0.05, 0.1) is 5.70 Å². The molecule has 1 heterocycles. The van der Waals surface area contributed by atoms with Crippen molar-refractivity contribution in [3.05, 3.63) is 71.0 Å². The van der Waals surface area contributed by atoms with E-state index in [1.807, 2.05) is 24.2 Å². The van der Waals surface area contributed by atoms with E-state index in [0.29, 0.717) is 5.92 Å². The molecule has 1 aliphatic heterocycles. The minimum absolute atomic E-state index is 0.476. The molecule has 2 nitrogen and oxygen atoms in total. The van der Waals surface area contributed by atoms with Gasteiger partial charge in [0.25, 0.3) is 0 Å². The molecule has 3 heteroatoms. The van der Waals surface area contributed by atoms with E-state index >= 15 is 0 Å². The van der Waals surface area contributed by atoms with E-state index in [1.165, 1.54) is 48.0 Å². The molecule has 0 aliphatic carbocycles. The molecule has 1 rings (SSSR count). The normalized spacial score (nSPS) is 15.9. The molecular formula is C27H43NOS. The summed E-state index contributed by atoms with van der Waals surface area (Å²) < 4.78 is 5.23. The van der Waals surface area contributed by atoms with Gasteiger partial charge < -0.3 is 10.1 Å². The number of nitrogens with one attached hydrogen (secondary N) is 1. The highest BCUT2D eigenvalue weighted by molar-refractivity contribution is 7.99. The van der Waals surface area contributed by atoms with Crippen molar-refractivity contribution >= 4 is 11.8 Å². The quantitative estimate of drug-likeness (QED) is 0.221. The zero-order valence-electron chi connectivity index (χ0n) is 20.1. The number of ether oxygens (including phenoxy) is 1. The zero-order chi connectivity index (χ0) is 22.2. The number of allylic oxidation sites excluding steroid dienone is 8. The van der Waals surface area contributed by atoms with Gasteiger partial charge in [-0.15, -0.1) is 0 Å². The Hall–Kier alpha value is -1.61. The molecule has 0 aromatic heterocycles. The number of hydrogen-bond donors (Lipinski definition) is 1. The molecule has 0 aromatic carbocycles. The Morgan fingerprint density at radius 1 is 0.900 bits per heavy atom. The number of rotatable bonds is 14. The second-order valence-electron chi connectivity index (χ2n) is 8.64. The molecule has 0 aromatic rings. The van der Waals surface area contributed by atoms with Gasteiger partial charge in [-0.25, -0.2) is 0 Å². The van der Waals surface area contributed by atoms with Gasteiger partial charge in [-0.1, -0.05) is 53.5 Å². The highest BCUT2D eigenvalue weighted by Gasteiger charge is 2.09. The Kier molecular flexibility index (Phi) is 14.2. The van der Waals surface area contributed by atoms with Gasteiger partial charge in [-0.3, -0.25) is 0 Å². The first-order valence-electron chi connectivity index (χ1n) is 11.3. The van der Waals surface area contributed by atoms with Gasteiger partial charge in [0.2, 0.25) is 0 Å². The summed E-state index contributed by atoms with van der Waals surface area (Å²) in [7, 11) is 0. The summed E-state index contributed by atoms with van der Waals surface area (Å²) in [5.41, 5.74) is 7.11. The van der Waals surface area contributed by atoms with Crippen molar-refractivity contribution < 1.29 is 4.74 Å². The molecule has 1 aliphatic rings. The average molecular weight is 430 g/mol. The largest absolute Gasteiger partial charge is 0.469 e. The Labute approximate surface area is 190 Å². The fraction of sp³-hybridized carbons (Fsp3) is 0.556. The van der Waals surface area contributed by atoms with Crippen molar-refractivity contribution in [2.75, 3.05) is 11.5 Å². The average Bonchev–Trinajstić information content (AvgIpc) is 2.71. The maximum absolute atomic E-state index is 5.23. The smallest absolute Gasteiger partial charge is 0.110 e. The van der Waals surface area contributed by atoms with Crippen LogP contribution in [0.5, 0.6) is 0 Å². The first-order chi connectivity index (χ1) is 14.4. The predicted molar refractivity (Wildman–Crippen MR) is 136 cm³/mol. The molecule has 0 spiro atoms. The number of hydrogen-bond acceptors (Lipinski definition) is 3. The predicted octanol–water partition coefficient (Wildman–Crippen LogP) is 8.43. The van der Waals surface area contributed by atoms with E-state index in [-0.39, 0.29) is 0 Å². The van der Waals surface area contributed by atoms with Gasteiger partial charge in [0.15, 0.2) is 0 Å². The van der Waals surface area contributed by atoms with E-state index in [4.69, 9.17) is 4.74 Å². The molecule has 0 radical (unpaired) electrons. The van der Waals surface area contributed by atoms with E-state index in [9.17, 15) is 0 Å². The van der Waals surface area contributed by atoms with Crippen molar-refractivity contribution in [1.82, 2.24) is 5.32 Å². The van der Waals surface area contributed by atoms with E-state index < -0.39 is 0 Å². The minimum atomic E-state index is 0.476. The van der Waals surface area contributed by atoms with Gasteiger partial charge in [0, 0.05) is 23.6 Å². The maximum Gasteiger partial charge on any atom is 0.110 e. The van der Waals surface area contributed by atoms with Crippen molar-refractivity contribution in [3.8, 4) is 0 Å². The first kappa shape index (κ1) is 26.4. The summed E-state index contributed by atoms with van der Waals surface area (Å²) in [6, 6.07) is 0. The van der Waals surface area contributed by atoms with Crippen molar-refractivity contribution in [3.63, 3.8) is 0 Å².